The van der Waals surface area contributed by atoms with Crippen molar-refractivity contribution < 1.29 is 13.2 Å². The molecule has 0 saturated carbocycles. The molecule has 0 aromatic heterocycles. The van der Waals surface area contributed by atoms with Gasteiger partial charge >= 0.3 is 0 Å². The van der Waals surface area contributed by atoms with Gasteiger partial charge in [-0.3, -0.25) is 0 Å². The highest BCUT2D eigenvalue weighted by Crippen LogP contribution is 2.35. The highest BCUT2D eigenvalue weighted by Gasteiger charge is 2.19. The lowest BCUT2D eigenvalue weighted by atomic mass is 10.0. The number of benzene rings is 2. The molecular formula is C13H7Cl2F3. The van der Waals surface area contributed by atoms with Crippen molar-refractivity contribution in [2.45, 2.75) is 5.38 Å². The number of rotatable bonds is 2. The van der Waals surface area contributed by atoms with E-state index in [4.69, 9.17) is 23.2 Å². The minimum Gasteiger partial charge on any atom is -0.207 e. The van der Waals surface area contributed by atoms with Crippen molar-refractivity contribution >= 4 is 23.2 Å². The third kappa shape index (κ3) is 2.62. The van der Waals surface area contributed by atoms with E-state index in [9.17, 15) is 13.2 Å². The average molecular weight is 291 g/mol. The SMILES string of the molecule is Fc1ccc(C(Cl)c2cc(F)ccc2F)c(Cl)c1. The largest absolute Gasteiger partial charge is 0.207 e. The summed E-state index contributed by atoms with van der Waals surface area (Å²) in [5.74, 6) is -1.76. The van der Waals surface area contributed by atoms with Crippen LogP contribution in [-0.4, -0.2) is 0 Å². The average Bonchev–Trinajstić information content (AvgIpc) is 2.31. The summed E-state index contributed by atoms with van der Waals surface area (Å²) in [6.45, 7) is 0. The molecule has 0 aliphatic rings. The third-order valence-electron chi connectivity index (χ3n) is 2.47. The minimum atomic E-state index is -0.978. The van der Waals surface area contributed by atoms with Crippen molar-refractivity contribution in [2.75, 3.05) is 0 Å². The molecule has 2 rings (SSSR count). The molecule has 0 nitrogen and oxygen atoms in total. The summed E-state index contributed by atoms with van der Waals surface area (Å²) >= 11 is 11.9. The fourth-order valence-electron chi connectivity index (χ4n) is 1.58. The van der Waals surface area contributed by atoms with Crippen LogP contribution in [-0.2, 0) is 0 Å². The maximum absolute atomic E-state index is 13.5. The van der Waals surface area contributed by atoms with E-state index >= 15 is 0 Å². The Balaban J connectivity index is 2.47. The first-order valence-electron chi connectivity index (χ1n) is 5.03. The monoisotopic (exact) mass is 290 g/mol. The summed E-state index contributed by atoms with van der Waals surface area (Å²) in [5.41, 5.74) is 0.286. The second kappa shape index (κ2) is 5.21. The standard InChI is InChI=1S/C13H7Cl2F3/c14-11-6-8(17)1-3-9(11)13(15)10-5-7(16)2-4-12(10)18/h1-6,13H. The van der Waals surface area contributed by atoms with Gasteiger partial charge in [0, 0.05) is 10.6 Å². The van der Waals surface area contributed by atoms with Crippen molar-refractivity contribution in [3.05, 3.63) is 70.0 Å². The Labute approximate surface area is 112 Å². The molecule has 0 bridgehead atoms. The fraction of sp³-hybridized carbons (Fsp3) is 0.0769. The van der Waals surface area contributed by atoms with E-state index in [1.807, 2.05) is 0 Å². The number of alkyl halides is 1. The second-order valence-corrected chi connectivity index (χ2v) is 4.54. The Morgan fingerprint density at radius 3 is 2.11 bits per heavy atom. The molecule has 0 radical (unpaired) electrons. The fourth-order valence-corrected chi connectivity index (χ4v) is 2.27. The first kappa shape index (κ1) is 13.2. The van der Waals surface area contributed by atoms with Crippen LogP contribution in [0.4, 0.5) is 13.2 Å². The molecule has 0 spiro atoms. The molecule has 18 heavy (non-hydrogen) atoms. The van der Waals surface area contributed by atoms with Gasteiger partial charge in [0.15, 0.2) is 0 Å². The van der Waals surface area contributed by atoms with Crippen LogP contribution in [0.15, 0.2) is 36.4 Å². The molecule has 0 aliphatic carbocycles. The first-order valence-corrected chi connectivity index (χ1v) is 5.84. The van der Waals surface area contributed by atoms with E-state index in [-0.39, 0.29) is 10.6 Å². The molecule has 1 unspecified atom stereocenters. The van der Waals surface area contributed by atoms with Gasteiger partial charge in [0.2, 0.25) is 0 Å². The molecule has 2 aromatic carbocycles. The van der Waals surface area contributed by atoms with Gasteiger partial charge in [0.25, 0.3) is 0 Å². The Morgan fingerprint density at radius 2 is 1.44 bits per heavy atom. The zero-order valence-electron chi connectivity index (χ0n) is 8.93. The van der Waals surface area contributed by atoms with Gasteiger partial charge < -0.3 is 0 Å². The molecular weight excluding hydrogens is 284 g/mol. The Kier molecular flexibility index (Phi) is 3.83. The molecule has 1 atom stereocenters. The van der Waals surface area contributed by atoms with E-state index in [1.54, 1.807) is 0 Å². The molecule has 0 N–H and O–H groups in total. The summed E-state index contributed by atoms with van der Waals surface area (Å²) in [7, 11) is 0. The highest BCUT2D eigenvalue weighted by molar-refractivity contribution is 6.33. The van der Waals surface area contributed by atoms with Crippen molar-refractivity contribution in [1.29, 1.82) is 0 Å². The summed E-state index contributed by atoms with van der Waals surface area (Å²) in [5, 5.41) is -0.910. The maximum Gasteiger partial charge on any atom is 0.128 e. The predicted octanol–water partition coefficient (Wildman–Crippen LogP) is 5.09. The third-order valence-corrected chi connectivity index (χ3v) is 3.26. The molecule has 0 saturated heterocycles. The van der Waals surface area contributed by atoms with Crippen molar-refractivity contribution in [1.82, 2.24) is 0 Å². The molecule has 94 valence electrons. The Morgan fingerprint density at radius 1 is 0.833 bits per heavy atom. The minimum absolute atomic E-state index is 0.0369. The van der Waals surface area contributed by atoms with Crippen LogP contribution in [0.5, 0.6) is 0 Å². The van der Waals surface area contributed by atoms with Gasteiger partial charge in [0.05, 0.1) is 5.38 Å². The van der Waals surface area contributed by atoms with E-state index in [2.05, 4.69) is 0 Å². The van der Waals surface area contributed by atoms with E-state index in [1.165, 1.54) is 6.07 Å². The van der Waals surface area contributed by atoms with Crippen LogP contribution in [0.3, 0.4) is 0 Å². The lowest BCUT2D eigenvalue weighted by Gasteiger charge is -2.13. The van der Waals surface area contributed by atoms with Crippen LogP contribution in [0.2, 0.25) is 5.02 Å². The normalized spacial score (nSPS) is 12.5. The predicted molar refractivity (Wildman–Crippen MR) is 65.5 cm³/mol. The molecule has 0 heterocycles. The van der Waals surface area contributed by atoms with Gasteiger partial charge in [-0.05, 0) is 35.9 Å². The topological polar surface area (TPSA) is 0 Å². The second-order valence-electron chi connectivity index (χ2n) is 3.69. The van der Waals surface area contributed by atoms with Gasteiger partial charge in [-0.2, -0.15) is 0 Å². The van der Waals surface area contributed by atoms with Crippen LogP contribution in [0, 0.1) is 17.5 Å². The summed E-state index contributed by atoms with van der Waals surface area (Å²) in [6.07, 6.45) is 0. The van der Waals surface area contributed by atoms with Crippen molar-refractivity contribution in [3.8, 4) is 0 Å². The zero-order chi connectivity index (χ0) is 13.3. The number of hydrogen-bond donors (Lipinski definition) is 0. The van der Waals surface area contributed by atoms with Gasteiger partial charge in [-0.15, -0.1) is 11.6 Å². The lowest BCUT2D eigenvalue weighted by molar-refractivity contribution is 0.587. The van der Waals surface area contributed by atoms with Gasteiger partial charge in [-0.25, -0.2) is 13.2 Å². The quantitative estimate of drug-likeness (QED) is 0.676. The van der Waals surface area contributed by atoms with Crippen molar-refractivity contribution in [3.63, 3.8) is 0 Å². The summed E-state index contributed by atoms with van der Waals surface area (Å²) in [6, 6.07) is 6.55. The summed E-state index contributed by atoms with van der Waals surface area (Å²) < 4.78 is 39.5. The molecule has 0 fully saturated rings. The number of hydrogen-bond acceptors (Lipinski definition) is 0. The Bertz CT molecular complexity index is 584. The summed E-state index contributed by atoms with van der Waals surface area (Å²) in [4.78, 5) is 0. The van der Waals surface area contributed by atoms with E-state index in [0.29, 0.717) is 5.56 Å². The lowest BCUT2D eigenvalue weighted by Crippen LogP contribution is -1.99. The zero-order valence-corrected chi connectivity index (χ0v) is 10.4. The van der Waals surface area contributed by atoms with E-state index < -0.39 is 22.8 Å². The van der Waals surface area contributed by atoms with Crippen LogP contribution in [0.1, 0.15) is 16.5 Å². The molecule has 0 amide bonds. The smallest absolute Gasteiger partial charge is 0.128 e. The van der Waals surface area contributed by atoms with Crippen molar-refractivity contribution in [2.24, 2.45) is 0 Å². The molecule has 0 aliphatic heterocycles. The maximum atomic E-state index is 13.5. The van der Waals surface area contributed by atoms with Crippen LogP contribution in [0.25, 0.3) is 0 Å². The van der Waals surface area contributed by atoms with E-state index in [0.717, 1.165) is 30.3 Å². The van der Waals surface area contributed by atoms with Gasteiger partial charge in [-0.1, -0.05) is 17.7 Å². The van der Waals surface area contributed by atoms with Crippen LogP contribution >= 0.6 is 23.2 Å². The van der Waals surface area contributed by atoms with Crippen LogP contribution < -0.4 is 0 Å². The molecule has 2 aromatic rings. The first-order chi connectivity index (χ1) is 8.49. The highest BCUT2D eigenvalue weighted by atomic mass is 35.5. The molecule has 5 heteroatoms. The van der Waals surface area contributed by atoms with Gasteiger partial charge in [0.1, 0.15) is 17.5 Å². The number of halogens is 5. The Hall–Kier alpha value is -1.19.